The number of rotatable bonds is 11. The molecule has 0 aromatic rings. The number of nitrogens with zero attached hydrogens (tertiary/aromatic N) is 1. The van der Waals surface area contributed by atoms with Gasteiger partial charge in [0.25, 0.3) is 0 Å². The fourth-order valence-corrected chi connectivity index (χ4v) is 5.40. The zero-order chi connectivity index (χ0) is 23.4. The number of amides is 1. The van der Waals surface area contributed by atoms with E-state index in [0.717, 1.165) is 32.1 Å². The van der Waals surface area contributed by atoms with Crippen LogP contribution in [0.25, 0.3) is 0 Å². The molecule has 0 aromatic carbocycles. The molecule has 0 bridgehead atoms. The van der Waals surface area contributed by atoms with Crippen LogP contribution in [-0.2, 0) is 19.0 Å². The zero-order valence-electron chi connectivity index (χ0n) is 18.9. The van der Waals surface area contributed by atoms with Crippen molar-refractivity contribution in [1.29, 1.82) is 0 Å². The number of hydrazine groups is 1. The highest BCUT2D eigenvalue weighted by Crippen LogP contribution is 2.69. The monoisotopic (exact) mass is 442 g/mol. The largest absolute Gasteiger partial charge is 0.464 e. The van der Waals surface area contributed by atoms with E-state index in [9.17, 15) is 9.59 Å². The van der Waals surface area contributed by atoms with Gasteiger partial charge in [-0.1, -0.05) is 18.2 Å². The second-order valence-electron chi connectivity index (χ2n) is 9.12. The zero-order valence-corrected chi connectivity index (χ0v) is 18.9. The van der Waals surface area contributed by atoms with E-state index >= 15 is 0 Å². The third kappa shape index (κ3) is 5.61. The highest BCUT2D eigenvalue weighted by molar-refractivity contribution is 6.72. The summed E-state index contributed by atoms with van der Waals surface area (Å²) in [6, 6.07) is -0.847. The number of hydrogen-bond acceptors (Lipinski definition) is 8. The lowest BCUT2D eigenvalue weighted by Gasteiger charge is -2.47. The number of carbonyl (C=O) groups excluding carboxylic acids is 2. The second-order valence-corrected chi connectivity index (χ2v) is 9.12. The van der Waals surface area contributed by atoms with E-state index in [0.29, 0.717) is 24.1 Å². The third-order valence-electron chi connectivity index (χ3n) is 6.94. The van der Waals surface area contributed by atoms with Crippen LogP contribution < -0.4 is 27.7 Å². The first-order chi connectivity index (χ1) is 15.2. The summed E-state index contributed by atoms with van der Waals surface area (Å²) in [6.07, 6.45) is 5.81. The molecule has 172 valence electrons. The minimum atomic E-state index is -0.847. The Hall–Kier alpha value is -1.72. The van der Waals surface area contributed by atoms with E-state index in [4.69, 9.17) is 28.8 Å². The number of ether oxygens (including phenoxy) is 1. The van der Waals surface area contributed by atoms with Crippen LogP contribution in [0.15, 0.2) is 5.10 Å². The number of hydrazone groups is 1. The first kappa shape index (κ1) is 24.9. The molecule has 1 aliphatic carbocycles. The molecular formula is C19H33B3N6O4. The van der Waals surface area contributed by atoms with Gasteiger partial charge in [-0.3, -0.25) is 4.79 Å². The van der Waals surface area contributed by atoms with Gasteiger partial charge in [0, 0.05) is 19.3 Å². The van der Waals surface area contributed by atoms with Crippen LogP contribution in [0, 0.1) is 11.8 Å². The first-order valence-corrected chi connectivity index (χ1v) is 11.3. The minimum absolute atomic E-state index is 0.00407. The number of amidine groups is 1. The summed E-state index contributed by atoms with van der Waals surface area (Å²) >= 11 is 0. The van der Waals surface area contributed by atoms with Crippen LogP contribution in [0.5, 0.6) is 0 Å². The van der Waals surface area contributed by atoms with Crippen LogP contribution in [0.3, 0.4) is 0 Å². The average molecular weight is 442 g/mol. The molecule has 6 unspecified atom stereocenters. The summed E-state index contributed by atoms with van der Waals surface area (Å²) in [6.45, 7) is 3.31. The summed E-state index contributed by atoms with van der Waals surface area (Å²) in [7, 11) is 10.6. The van der Waals surface area contributed by atoms with Crippen molar-refractivity contribution in [2.24, 2.45) is 28.5 Å². The van der Waals surface area contributed by atoms with Gasteiger partial charge in [0.15, 0.2) is 0 Å². The number of nitrogens with two attached hydrogens (primary N) is 2. The molecule has 1 saturated carbocycles. The number of carbonyl (C=O) groups is 2. The van der Waals surface area contributed by atoms with Crippen molar-refractivity contribution in [1.82, 2.24) is 16.2 Å². The maximum atomic E-state index is 12.0. The van der Waals surface area contributed by atoms with Crippen molar-refractivity contribution >= 4 is 40.3 Å². The Morgan fingerprint density at radius 2 is 2.22 bits per heavy atom. The molecule has 3 rings (SSSR count). The minimum Gasteiger partial charge on any atom is -0.464 e. The maximum absolute atomic E-state index is 12.0. The lowest BCUT2D eigenvalue weighted by Crippen LogP contribution is -2.55. The molecule has 0 aromatic heterocycles. The fraction of sp³-hybridized carbons (Fsp3) is 0.842. The lowest BCUT2D eigenvalue weighted by molar-refractivity contribution is -0.148. The van der Waals surface area contributed by atoms with Crippen molar-refractivity contribution in [2.45, 2.75) is 75.0 Å². The van der Waals surface area contributed by atoms with E-state index in [1.165, 1.54) is 6.92 Å². The van der Waals surface area contributed by atoms with Crippen molar-refractivity contribution in [3.63, 3.8) is 0 Å². The van der Waals surface area contributed by atoms with Crippen molar-refractivity contribution in [3.05, 3.63) is 0 Å². The summed E-state index contributed by atoms with van der Waals surface area (Å²) < 4.78 is 10.7. The molecule has 2 saturated heterocycles. The van der Waals surface area contributed by atoms with Gasteiger partial charge in [-0.05, 0) is 43.4 Å². The Balaban J connectivity index is 1.51. The van der Waals surface area contributed by atoms with E-state index in [1.54, 1.807) is 14.4 Å². The van der Waals surface area contributed by atoms with Crippen molar-refractivity contribution < 1.29 is 19.0 Å². The highest BCUT2D eigenvalue weighted by atomic mass is 16.5. The lowest BCUT2D eigenvalue weighted by atomic mass is 9.58. The van der Waals surface area contributed by atoms with E-state index < -0.39 is 17.3 Å². The van der Waals surface area contributed by atoms with Crippen LogP contribution in [0.4, 0.5) is 0 Å². The number of nitrogens with one attached hydrogen (secondary N) is 3. The molecule has 2 heterocycles. The Morgan fingerprint density at radius 3 is 2.91 bits per heavy atom. The number of hydrogen-bond donors (Lipinski definition) is 5. The average Bonchev–Trinajstić information content (AvgIpc) is 3.34. The van der Waals surface area contributed by atoms with Gasteiger partial charge < -0.3 is 25.8 Å². The van der Waals surface area contributed by atoms with E-state index in [2.05, 4.69) is 28.5 Å². The topological polar surface area (TPSA) is 153 Å². The standard InChI is InChI=1S/C19H33B3N6O4/c1-3-31-17(30)14(25-11(2)29)10-32-21-15-9-13-8-12(4-5-16(23)27-28-24)6-7-18(13)19(20,22-18)26-15/h12-15,26,28H,3-10,24H2,1-2H3,(H2,23,27)(H,25,29). The predicted molar refractivity (Wildman–Crippen MR) is 123 cm³/mol. The van der Waals surface area contributed by atoms with Gasteiger partial charge in [0.05, 0.1) is 21.1 Å². The number of esters is 1. The molecule has 7 N–H and O–H groups in total. The summed E-state index contributed by atoms with van der Waals surface area (Å²) in [5.74, 6) is 5.82. The normalized spacial score (nSPS) is 34.2. The summed E-state index contributed by atoms with van der Waals surface area (Å²) in [5, 5.41) is 9.43. The first-order valence-electron chi connectivity index (χ1n) is 11.3. The van der Waals surface area contributed by atoms with Gasteiger partial charge in [0.2, 0.25) is 5.91 Å². The molecule has 1 amide bonds. The Labute approximate surface area is 192 Å². The van der Waals surface area contributed by atoms with Gasteiger partial charge >= 0.3 is 13.5 Å². The fourth-order valence-electron chi connectivity index (χ4n) is 5.40. The molecule has 32 heavy (non-hydrogen) atoms. The predicted octanol–water partition coefficient (Wildman–Crippen LogP) is -1.36. The molecule has 4 radical (unpaired) electrons. The highest BCUT2D eigenvalue weighted by Gasteiger charge is 2.70. The Morgan fingerprint density at radius 1 is 1.44 bits per heavy atom. The summed E-state index contributed by atoms with van der Waals surface area (Å²) in [4.78, 5) is 23.4. The van der Waals surface area contributed by atoms with E-state index in [-0.39, 0.29) is 30.4 Å². The third-order valence-corrected chi connectivity index (χ3v) is 6.94. The molecular weight excluding hydrogens is 409 g/mol. The molecule has 3 aliphatic rings. The molecule has 6 atom stereocenters. The van der Waals surface area contributed by atoms with Crippen molar-refractivity contribution in [2.75, 3.05) is 13.2 Å². The van der Waals surface area contributed by atoms with Gasteiger partial charge in [0.1, 0.15) is 19.2 Å². The molecule has 2 aliphatic heterocycles. The Bertz CT molecular complexity index is 731. The maximum Gasteiger partial charge on any atom is 0.330 e. The smallest absolute Gasteiger partial charge is 0.330 e. The van der Waals surface area contributed by atoms with Crippen LogP contribution in [-0.4, -0.2) is 70.9 Å². The number of piperidine rings is 1. The quantitative estimate of drug-likeness (QED) is 0.0658. The van der Waals surface area contributed by atoms with Crippen molar-refractivity contribution in [3.8, 4) is 0 Å². The van der Waals surface area contributed by atoms with Gasteiger partial charge in [-0.15, -0.1) is 0 Å². The molecule has 10 nitrogen and oxygen atoms in total. The Kier molecular flexibility index (Phi) is 8.16. The van der Waals surface area contributed by atoms with Crippen LogP contribution in [0.1, 0.15) is 52.4 Å². The van der Waals surface area contributed by atoms with E-state index in [1.807, 2.05) is 0 Å². The molecule has 13 heteroatoms. The molecule has 3 fully saturated rings. The van der Waals surface area contributed by atoms with Gasteiger partial charge in [-0.2, -0.15) is 5.10 Å². The second kappa shape index (κ2) is 10.5. The summed E-state index contributed by atoms with van der Waals surface area (Å²) in [5.41, 5.74) is 8.09. The van der Waals surface area contributed by atoms with Crippen LogP contribution in [0.2, 0.25) is 5.31 Å². The van der Waals surface area contributed by atoms with Crippen LogP contribution >= 0.6 is 0 Å². The van der Waals surface area contributed by atoms with Gasteiger partial charge in [-0.25, -0.2) is 16.2 Å². The SMILES string of the molecule is [B]C12[B]C13CCC(CC/C(N)=N/NN)CC3CC([B]OCC(NC(C)=O)C(=O)OCC)N2. The molecule has 1 spiro atoms.